The van der Waals surface area contributed by atoms with Crippen LogP contribution >= 0.6 is 11.6 Å². The van der Waals surface area contributed by atoms with Gasteiger partial charge in [0.25, 0.3) is 0 Å². The fourth-order valence-corrected chi connectivity index (χ4v) is 14.0. The Balaban J connectivity index is 1.30. The van der Waals surface area contributed by atoms with Gasteiger partial charge in [-0.2, -0.15) is 0 Å². The van der Waals surface area contributed by atoms with Crippen molar-refractivity contribution in [3.63, 3.8) is 0 Å². The number of carbonyl (C=O) groups excluding carboxylic acids is 2. The number of fused-ring (bicyclic) bond motifs is 7. The number of hydrogen-bond donors (Lipinski definition) is 2. The van der Waals surface area contributed by atoms with Gasteiger partial charge in [0.15, 0.2) is 5.78 Å². The number of carboxylic acid groups (broad SMARTS) is 1. The van der Waals surface area contributed by atoms with Crippen LogP contribution in [0, 0.1) is 56.2 Å². The van der Waals surface area contributed by atoms with E-state index in [0.717, 1.165) is 75.7 Å². The molecule has 1 heterocycles. The molecule has 0 aliphatic heterocycles. The number of hydrogen-bond acceptors (Lipinski definition) is 8. The van der Waals surface area contributed by atoms with E-state index in [-0.39, 0.29) is 57.8 Å². The van der Waals surface area contributed by atoms with Gasteiger partial charge in [0.05, 0.1) is 28.7 Å². The minimum Gasteiger partial charge on any atom is -0.481 e. The molecule has 0 spiro atoms. The van der Waals surface area contributed by atoms with Crippen molar-refractivity contribution >= 4 is 29.3 Å². The van der Waals surface area contributed by atoms with E-state index in [4.69, 9.17) is 16.3 Å². The lowest BCUT2D eigenvalue weighted by Gasteiger charge is -2.72. The van der Waals surface area contributed by atoms with Gasteiger partial charge >= 0.3 is 11.9 Å². The molecule has 0 aromatic carbocycles. The Hall–Kier alpha value is -2.33. The van der Waals surface area contributed by atoms with Crippen LogP contribution in [0.25, 0.3) is 0 Å². The number of carboxylic acids is 1. The number of rotatable bonds is 13. The molecule has 58 heavy (non-hydrogen) atoms. The highest BCUT2D eigenvalue weighted by molar-refractivity contribution is 6.30. The van der Waals surface area contributed by atoms with E-state index in [1.165, 1.54) is 5.57 Å². The summed E-state index contributed by atoms with van der Waals surface area (Å²) in [6.07, 6.45) is 8.66. The van der Waals surface area contributed by atoms with Gasteiger partial charge in [-0.05, 0) is 144 Å². The van der Waals surface area contributed by atoms with Crippen molar-refractivity contribution < 1.29 is 29.3 Å². The van der Waals surface area contributed by atoms with Crippen LogP contribution in [0.15, 0.2) is 29.5 Å². The molecule has 5 aliphatic rings. The van der Waals surface area contributed by atoms with Gasteiger partial charge in [-0.25, -0.2) is 0 Å². The summed E-state index contributed by atoms with van der Waals surface area (Å²) in [7, 11) is 4.15. The van der Waals surface area contributed by atoms with E-state index in [2.05, 4.69) is 84.3 Å². The molecule has 0 unspecified atom stereocenters. The first-order chi connectivity index (χ1) is 26.9. The molecular weight excluding hydrogens is 750 g/mol. The number of Topliss-reactive ketones (excluding diaryl/α,β-unsaturated/α-hetero) is 1. The molecule has 9 nitrogen and oxygen atoms in total. The summed E-state index contributed by atoms with van der Waals surface area (Å²) < 4.78 is 6.20. The van der Waals surface area contributed by atoms with Crippen LogP contribution in [0.1, 0.15) is 145 Å². The molecule has 10 atom stereocenters. The number of aromatic nitrogens is 1. The van der Waals surface area contributed by atoms with Crippen molar-refractivity contribution in [1.29, 1.82) is 0 Å². The average molecular weight is 825 g/mol. The Morgan fingerprint density at radius 3 is 2.24 bits per heavy atom. The summed E-state index contributed by atoms with van der Waals surface area (Å²) >= 11 is 6.23. The minimum atomic E-state index is -1.17. The standard InChI is InChI=1S/C48H74ClN3O6/c1-29(2)40-34(53)25-48(37(54)28-52(24-23-51(11)12)30(3)33-15-13-31(49)27-50-33)22-21-46(9)32(41(40)48)14-16-36-45(8)19-18-38(58-39(55)26-43(4,5)42(56)57)44(6,7)35(45)17-20-47(36,46)10/h13,15,27,29-30,32,35-38,54H,14,16-26,28H2,1-12H3,(H,56,57)/t30-,32+,35-,36+,37-,38-,45-,46+,47+,48-/m0/s1. The van der Waals surface area contributed by atoms with Crippen molar-refractivity contribution in [3.8, 4) is 0 Å². The molecule has 0 radical (unpaired) electrons. The third kappa shape index (κ3) is 7.42. The number of esters is 1. The Morgan fingerprint density at radius 2 is 1.64 bits per heavy atom. The van der Waals surface area contributed by atoms with Crippen molar-refractivity contribution in [2.24, 2.45) is 56.2 Å². The van der Waals surface area contributed by atoms with Gasteiger partial charge in [-0.3, -0.25) is 24.3 Å². The summed E-state index contributed by atoms with van der Waals surface area (Å²) in [5, 5.41) is 23.0. The highest BCUT2D eigenvalue weighted by Gasteiger charge is 2.71. The molecule has 6 rings (SSSR count). The zero-order valence-electron chi connectivity index (χ0n) is 37.7. The van der Waals surface area contributed by atoms with Crippen LogP contribution in [-0.4, -0.2) is 88.7 Å². The van der Waals surface area contributed by atoms with Crippen LogP contribution in [0.5, 0.6) is 0 Å². The van der Waals surface area contributed by atoms with Crippen molar-refractivity contribution in [2.75, 3.05) is 33.7 Å². The minimum absolute atomic E-state index is 0.0244. The number of aliphatic hydroxyl groups is 1. The number of halogens is 1. The van der Waals surface area contributed by atoms with Gasteiger partial charge < -0.3 is 19.8 Å². The monoisotopic (exact) mass is 824 g/mol. The topological polar surface area (TPSA) is 120 Å². The molecule has 0 bridgehead atoms. The van der Waals surface area contributed by atoms with Crippen molar-refractivity contribution in [2.45, 2.75) is 152 Å². The zero-order valence-corrected chi connectivity index (χ0v) is 38.5. The fraction of sp³-hybridized carbons (Fsp3) is 0.792. The largest absolute Gasteiger partial charge is 0.481 e. The third-order valence-electron chi connectivity index (χ3n) is 17.5. The average Bonchev–Trinajstić information content (AvgIpc) is 3.44. The smallest absolute Gasteiger partial charge is 0.309 e. The maximum absolute atomic E-state index is 14.4. The summed E-state index contributed by atoms with van der Waals surface area (Å²) in [6, 6.07) is 3.81. The van der Waals surface area contributed by atoms with E-state index < -0.39 is 28.9 Å². The molecule has 0 amide bonds. The quantitative estimate of drug-likeness (QED) is 0.188. The second-order valence-corrected chi connectivity index (χ2v) is 22.4. The molecule has 1 aromatic rings. The van der Waals surface area contributed by atoms with Crippen LogP contribution in [0.3, 0.4) is 0 Å². The molecule has 4 fully saturated rings. The first-order valence-electron chi connectivity index (χ1n) is 22.2. The summed E-state index contributed by atoms with van der Waals surface area (Å²) in [5.74, 6) is -0.0714. The zero-order chi connectivity index (χ0) is 43.0. The predicted molar refractivity (Wildman–Crippen MR) is 229 cm³/mol. The molecule has 5 aliphatic carbocycles. The molecule has 1 aromatic heterocycles. The van der Waals surface area contributed by atoms with Gasteiger partial charge in [0.1, 0.15) is 6.10 Å². The lowest BCUT2D eigenvalue weighted by molar-refractivity contribution is -0.235. The Labute approximate surface area is 354 Å². The van der Waals surface area contributed by atoms with E-state index in [1.807, 2.05) is 12.1 Å². The van der Waals surface area contributed by atoms with Crippen LogP contribution in [0.2, 0.25) is 5.02 Å². The summed E-state index contributed by atoms with van der Waals surface area (Å²) in [4.78, 5) is 48.5. The van der Waals surface area contributed by atoms with E-state index in [1.54, 1.807) is 20.0 Å². The number of ketones is 1. The SMILES string of the molecule is CC(C)C1=C2[C@H]3CC[C@@H]4[C@@]5(C)CC[C@H](OC(=O)CC(C)(C)C(=O)O)C(C)(C)[C@@H]5CC[C@@]4(C)[C@]3(C)CC[C@@]2([C@@H](O)CN(CCN(C)C)[C@@H](C)c2ccc(Cl)cn2)CC1=O. The Morgan fingerprint density at radius 1 is 0.948 bits per heavy atom. The molecule has 10 heteroatoms. The molecule has 4 saturated carbocycles. The van der Waals surface area contributed by atoms with E-state index >= 15 is 0 Å². The predicted octanol–water partition coefficient (Wildman–Crippen LogP) is 9.41. The Kier molecular flexibility index (Phi) is 12.4. The number of aliphatic hydroxyl groups excluding tert-OH is 1. The maximum Gasteiger partial charge on any atom is 0.309 e. The number of nitrogens with zero attached hydrogens (tertiary/aromatic N) is 3. The molecular formula is C48H74ClN3O6. The summed E-state index contributed by atoms with van der Waals surface area (Å²) in [6.45, 7) is 23.9. The molecule has 324 valence electrons. The molecule has 0 saturated heterocycles. The lowest BCUT2D eigenvalue weighted by Crippen LogP contribution is -2.66. The lowest BCUT2D eigenvalue weighted by atomic mass is 9.33. The number of carbonyl (C=O) groups is 3. The van der Waals surface area contributed by atoms with Gasteiger partial charge in [0.2, 0.25) is 0 Å². The third-order valence-corrected chi connectivity index (χ3v) is 17.7. The highest BCUT2D eigenvalue weighted by atomic mass is 35.5. The van der Waals surface area contributed by atoms with Crippen molar-refractivity contribution in [1.82, 2.24) is 14.8 Å². The van der Waals surface area contributed by atoms with E-state index in [0.29, 0.717) is 29.8 Å². The second-order valence-electron chi connectivity index (χ2n) is 21.9. The second kappa shape index (κ2) is 15.9. The van der Waals surface area contributed by atoms with Crippen molar-refractivity contribution in [3.05, 3.63) is 40.2 Å². The Bertz CT molecular complexity index is 1770. The van der Waals surface area contributed by atoms with Crippen LogP contribution in [-0.2, 0) is 19.1 Å². The first kappa shape index (κ1) is 45.2. The summed E-state index contributed by atoms with van der Waals surface area (Å²) in [5.41, 5.74) is 1.18. The number of allylic oxidation sites excluding steroid dienone is 1. The number of aliphatic carboxylic acids is 1. The van der Waals surface area contributed by atoms with Gasteiger partial charge in [-0.1, -0.05) is 65.6 Å². The van der Waals surface area contributed by atoms with E-state index in [9.17, 15) is 24.6 Å². The number of ether oxygens (including phenoxy) is 1. The normalized spacial score (nSPS) is 35.6. The first-order valence-corrected chi connectivity index (χ1v) is 22.6. The maximum atomic E-state index is 14.4. The van der Waals surface area contributed by atoms with Crippen LogP contribution < -0.4 is 0 Å². The van der Waals surface area contributed by atoms with Crippen LogP contribution in [0.4, 0.5) is 0 Å². The number of likely N-dealkylation sites (N-methyl/N-ethyl adjacent to an activating group) is 1. The fourth-order valence-electron chi connectivity index (χ4n) is 13.9. The highest BCUT2D eigenvalue weighted by Crippen LogP contribution is 2.77. The molecule has 2 N–H and O–H groups in total. The number of pyridine rings is 1. The van der Waals surface area contributed by atoms with Gasteiger partial charge in [-0.15, -0.1) is 0 Å². The van der Waals surface area contributed by atoms with Gasteiger partial charge in [0, 0.05) is 49.1 Å².